The minimum atomic E-state index is -4.72. The minimum Gasteiger partial charge on any atom is -0.439 e. The summed E-state index contributed by atoms with van der Waals surface area (Å²) in [5.41, 5.74) is -1.63. The molecule has 1 saturated carbocycles. The molecule has 1 aromatic heterocycles. The molecule has 0 saturated heterocycles. The highest BCUT2D eigenvalue weighted by Gasteiger charge is 2.33. The van der Waals surface area contributed by atoms with Crippen LogP contribution in [0.5, 0.6) is 11.6 Å². The van der Waals surface area contributed by atoms with E-state index in [-0.39, 0.29) is 40.6 Å². The van der Waals surface area contributed by atoms with Crippen molar-refractivity contribution in [3.8, 4) is 11.6 Å². The first-order valence-corrected chi connectivity index (χ1v) is 10.5. The van der Waals surface area contributed by atoms with Gasteiger partial charge in [0.1, 0.15) is 23.7 Å². The van der Waals surface area contributed by atoms with Crippen LogP contribution in [0.4, 0.5) is 39.5 Å². The van der Waals surface area contributed by atoms with E-state index in [0.717, 1.165) is 31.0 Å². The fourth-order valence-corrected chi connectivity index (χ4v) is 3.15. The molecule has 0 spiro atoms. The highest BCUT2D eigenvalue weighted by atomic mass is 35.5. The number of hydrogen-bond acceptors (Lipinski definition) is 5. The zero-order valence-corrected chi connectivity index (χ0v) is 18.4. The number of urea groups is 1. The molecule has 1 aliphatic carbocycles. The number of rotatable bonds is 6. The van der Waals surface area contributed by atoms with Crippen molar-refractivity contribution in [2.75, 3.05) is 16.0 Å². The van der Waals surface area contributed by atoms with Crippen LogP contribution >= 0.6 is 11.6 Å². The van der Waals surface area contributed by atoms with Gasteiger partial charge in [-0.2, -0.15) is 13.2 Å². The van der Waals surface area contributed by atoms with Gasteiger partial charge in [-0.15, -0.1) is 0 Å². The van der Waals surface area contributed by atoms with Crippen LogP contribution < -0.4 is 20.7 Å². The Morgan fingerprint density at radius 2 is 1.77 bits per heavy atom. The van der Waals surface area contributed by atoms with E-state index in [2.05, 4.69) is 25.9 Å². The normalized spacial score (nSPS) is 13.2. The monoisotopic (exact) mass is 509 g/mol. The molecule has 3 N–H and O–H groups in total. The minimum absolute atomic E-state index is 0.0286. The van der Waals surface area contributed by atoms with Crippen LogP contribution in [0.15, 0.2) is 48.8 Å². The van der Waals surface area contributed by atoms with Gasteiger partial charge in [-0.05, 0) is 43.2 Å². The first-order chi connectivity index (χ1) is 16.6. The second-order valence-corrected chi connectivity index (χ2v) is 7.93. The standard InChI is InChI=1S/C22H16ClF4N5O3/c23-15-5-3-12(7-14(15)22(25,26)27)30-21(34)31-17-8-13(4-6-16(17)24)35-19-9-18(28-10-29-19)32-20(33)11-1-2-11/h3-11H,1-2H2,(H2,30,31,34)(H,28,29,32,33). The summed E-state index contributed by atoms with van der Waals surface area (Å²) in [6, 6.07) is 6.64. The zero-order chi connectivity index (χ0) is 25.2. The average Bonchev–Trinajstić information content (AvgIpc) is 3.62. The number of halogens is 5. The van der Waals surface area contributed by atoms with Crippen LogP contribution in [-0.2, 0) is 11.0 Å². The largest absolute Gasteiger partial charge is 0.439 e. The molecule has 4 rings (SSSR count). The Morgan fingerprint density at radius 1 is 1.00 bits per heavy atom. The molecule has 1 heterocycles. The number of alkyl halides is 3. The third kappa shape index (κ3) is 6.35. The Hall–Kier alpha value is -3.93. The van der Waals surface area contributed by atoms with Gasteiger partial charge >= 0.3 is 12.2 Å². The molecule has 0 atom stereocenters. The molecule has 8 nitrogen and oxygen atoms in total. The van der Waals surface area contributed by atoms with Crippen molar-refractivity contribution >= 4 is 40.7 Å². The van der Waals surface area contributed by atoms with E-state index >= 15 is 0 Å². The van der Waals surface area contributed by atoms with Gasteiger partial charge in [0.2, 0.25) is 11.8 Å². The summed E-state index contributed by atoms with van der Waals surface area (Å²) in [7, 11) is 0. The van der Waals surface area contributed by atoms with Crippen LogP contribution in [0, 0.1) is 11.7 Å². The fourth-order valence-electron chi connectivity index (χ4n) is 2.93. The first kappa shape index (κ1) is 24.2. The Morgan fingerprint density at radius 3 is 2.49 bits per heavy atom. The molecule has 0 radical (unpaired) electrons. The van der Waals surface area contributed by atoms with E-state index in [9.17, 15) is 27.2 Å². The average molecular weight is 510 g/mol. The highest BCUT2D eigenvalue weighted by molar-refractivity contribution is 6.31. The van der Waals surface area contributed by atoms with Crippen molar-refractivity contribution in [2.24, 2.45) is 5.92 Å². The van der Waals surface area contributed by atoms with Crippen molar-refractivity contribution in [3.63, 3.8) is 0 Å². The Kier molecular flexibility index (Phi) is 6.74. The summed E-state index contributed by atoms with van der Waals surface area (Å²) < 4.78 is 58.8. The summed E-state index contributed by atoms with van der Waals surface area (Å²) >= 11 is 5.56. The van der Waals surface area contributed by atoms with Crippen LogP contribution in [0.2, 0.25) is 5.02 Å². The Balaban J connectivity index is 1.43. The van der Waals surface area contributed by atoms with E-state index in [4.69, 9.17) is 16.3 Å². The number of anilines is 3. The zero-order valence-electron chi connectivity index (χ0n) is 17.6. The summed E-state index contributed by atoms with van der Waals surface area (Å²) in [5.74, 6) is -0.636. The van der Waals surface area contributed by atoms with Crippen LogP contribution in [-0.4, -0.2) is 21.9 Å². The number of carbonyl (C=O) groups excluding carboxylic acids is 2. The third-order valence-electron chi connectivity index (χ3n) is 4.78. The number of carbonyl (C=O) groups is 2. The Bertz CT molecular complexity index is 1280. The molecule has 3 aromatic rings. The van der Waals surface area contributed by atoms with Gasteiger partial charge in [-0.1, -0.05) is 11.6 Å². The summed E-state index contributed by atoms with van der Waals surface area (Å²) in [6.45, 7) is 0. The van der Waals surface area contributed by atoms with E-state index in [1.807, 2.05) is 0 Å². The number of hydrogen-bond donors (Lipinski definition) is 3. The lowest BCUT2D eigenvalue weighted by Gasteiger charge is -2.13. The van der Waals surface area contributed by atoms with E-state index in [1.165, 1.54) is 24.5 Å². The molecule has 3 amide bonds. The number of amides is 3. The maximum Gasteiger partial charge on any atom is 0.417 e. The van der Waals surface area contributed by atoms with Gasteiger partial charge in [-0.3, -0.25) is 4.79 Å². The molecule has 1 aliphatic rings. The van der Waals surface area contributed by atoms with E-state index in [1.54, 1.807) is 0 Å². The maximum absolute atomic E-state index is 14.2. The Labute approximate surface area is 200 Å². The molecule has 0 bridgehead atoms. The van der Waals surface area contributed by atoms with Gasteiger partial charge in [0.25, 0.3) is 0 Å². The lowest BCUT2D eigenvalue weighted by Crippen LogP contribution is -2.20. The second kappa shape index (κ2) is 9.74. The van der Waals surface area contributed by atoms with Crippen molar-refractivity contribution in [3.05, 3.63) is 65.2 Å². The summed E-state index contributed by atoms with van der Waals surface area (Å²) in [6.07, 6.45) is -1.90. The smallest absolute Gasteiger partial charge is 0.417 e. The van der Waals surface area contributed by atoms with Crippen molar-refractivity contribution in [2.45, 2.75) is 19.0 Å². The first-order valence-electron chi connectivity index (χ1n) is 10.1. The topological polar surface area (TPSA) is 105 Å². The molecule has 13 heteroatoms. The number of nitrogens with one attached hydrogen (secondary N) is 3. The molecule has 35 heavy (non-hydrogen) atoms. The second-order valence-electron chi connectivity index (χ2n) is 7.52. The van der Waals surface area contributed by atoms with Crippen LogP contribution in [0.3, 0.4) is 0 Å². The molecule has 0 aliphatic heterocycles. The lowest BCUT2D eigenvalue weighted by atomic mass is 10.2. The van der Waals surface area contributed by atoms with Crippen molar-refractivity contribution in [1.82, 2.24) is 9.97 Å². The SMILES string of the molecule is O=C(Nc1ccc(Cl)c(C(F)(F)F)c1)Nc1cc(Oc2cc(NC(=O)C3CC3)ncn2)ccc1F. The van der Waals surface area contributed by atoms with Crippen LogP contribution in [0.25, 0.3) is 0 Å². The van der Waals surface area contributed by atoms with Gasteiger partial charge in [0.15, 0.2) is 0 Å². The number of benzene rings is 2. The molecular weight excluding hydrogens is 494 g/mol. The fraction of sp³-hybridized carbons (Fsp3) is 0.182. The predicted molar refractivity (Wildman–Crippen MR) is 119 cm³/mol. The maximum atomic E-state index is 14.2. The molecule has 0 unspecified atom stereocenters. The number of aromatic nitrogens is 2. The molecule has 1 fully saturated rings. The molecular formula is C22H16ClF4N5O3. The lowest BCUT2D eigenvalue weighted by molar-refractivity contribution is -0.137. The van der Waals surface area contributed by atoms with Crippen molar-refractivity contribution in [1.29, 1.82) is 0 Å². The summed E-state index contributed by atoms with van der Waals surface area (Å²) in [4.78, 5) is 32.0. The molecule has 182 valence electrons. The van der Waals surface area contributed by atoms with Gasteiger partial charge in [0.05, 0.1) is 16.3 Å². The quantitative estimate of drug-likeness (QED) is 0.350. The van der Waals surface area contributed by atoms with Gasteiger partial charge < -0.3 is 20.7 Å². The van der Waals surface area contributed by atoms with E-state index < -0.39 is 28.6 Å². The predicted octanol–water partition coefficient (Wildman–Crippen LogP) is 6.07. The van der Waals surface area contributed by atoms with Crippen LogP contribution in [0.1, 0.15) is 18.4 Å². The van der Waals surface area contributed by atoms with Gasteiger partial charge in [0, 0.05) is 23.7 Å². The molecule has 2 aromatic carbocycles. The third-order valence-corrected chi connectivity index (χ3v) is 5.11. The highest BCUT2D eigenvalue weighted by Crippen LogP contribution is 2.36. The number of nitrogens with zero attached hydrogens (tertiary/aromatic N) is 2. The number of ether oxygens (including phenoxy) is 1. The summed E-state index contributed by atoms with van der Waals surface area (Å²) in [5, 5.41) is 6.51. The van der Waals surface area contributed by atoms with E-state index in [0.29, 0.717) is 6.07 Å². The van der Waals surface area contributed by atoms with Crippen molar-refractivity contribution < 1.29 is 31.9 Å². The van der Waals surface area contributed by atoms with Gasteiger partial charge in [-0.25, -0.2) is 19.2 Å².